The third kappa shape index (κ3) is 5.52. The second kappa shape index (κ2) is 9.24. The Bertz CT molecular complexity index is 1220. The van der Waals surface area contributed by atoms with Gasteiger partial charge in [0.1, 0.15) is 17.9 Å². The highest BCUT2D eigenvalue weighted by Gasteiger charge is 2.34. The second-order valence-corrected chi connectivity index (χ2v) is 7.48. The van der Waals surface area contributed by atoms with Gasteiger partial charge in [-0.05, 0) is 55.5 Å². The average Bonchev–Trinajstić information content (AvgIpc) is 2.69. The van der Waals surface area contributed by atoms with Gasteiger partial charge in [-0.2, -0.15) is 13.2 Å². The summed E-state index contributed by atoms with van der Waals surface area (Å²) in [6.45, 7) is 1.25. The van der Waals surface area contributed by atoms with Crippen molar-refractivity contribution in [1.29, 1.82) is 0 Å². The summed E-state index contributed by atoms with van der Waals surface area (Å²) in [7, 11) is 0. The number of amides is 1. The first-order valence-electron chi connectivity index (χ1n) is 9.38. The minimum absolute atomic E-state index is 0.0484. The molecule has 0 aromatic heterocycles. The van der Waals surface area contributed by atoms with Crippen LogP contribution in [-0.4, -0.2) is 17.2 Å². The molecular weight excluding hydrogens is 469 g/mol. The van der Waals surface area contributed by atoms with Crippen LogP contribution in [0.4, 0.5) is 39.0 Å². The summed E-state index contributed by atoms with van der Waals surface area (Å²) >= 11 is 6.12. The molecule has 1 unspecified atom stereocenters. The SMILES string of the molecule is CC(O)Nc1ccc(NC(=O)c2cc(F)c(-c3ccc(F)cc3N)cc2Cl)cc1C(F)(F)F. The summed E-state index contributed by atoms with van der Waals surface area (Å²) < 4.78 is 68.1. The van der Waals surface area contributed by atoms with Crippen LogP contribution in [0.3, 0.4) is 0 Å². The van der Waals surface area contributed by atoms with E-state index in [0.717, 1.165) is 30.3 Å². The number of anilines is 3. The number of halogens is 6. The van der Waals surface area contributed by atoms with E-state index in [2.05, 4.69) is 10.6 Å². The van der Waals surface area contributed by atoms with E-state index in [4.69, 9.17) is 17.3 Å². The number of aliphatic hydroxyl groups excluding tert-OH is 1. The van der Waals surface area contributed by atoms with Crippen LogP contribution >= 0.6 is 11.6 Å². The quantitative estimate of drug-likeness (QED) is 0.206. The number of alkyl halides is 3. The maximum absolute atomic E-state index is 14.7. The van der Waals surface area contributed by atoms with Crippen LogP contribution in [0.1, 0.15) is 22.8 Å². The molecule has 0 heterocycles. The van der Waals surface area contributed by atoms with Crippen molar-refractivity contribution < 1.29 is 31.9 Å². The number of hydrogen-bond donors (Lipinski definition) is 4. The molecule has 1 atom stereocenters. The number of hydrogen-bond acceptors (Lipinski definition) is 4. The van der Waals surface area contributed by atoms with Crippen molar-refractivity contribution in [3.05, 3.63) is 76.3 Å². The average molecular weight is 486 g/mol. The van der Waals surface area contributed by atoms with Crippen molar-refractivity contribution in [2.75, 3.05) is 16.4 Å². The monoisotopic (exact) mass is 485 g/mol. The van der Waals surface area contributed by atoms with Gasteiger partial charge >= 0.3 is 6.18 Å². The van der Waals surface area contributed by atoms with E-state index in [1.54, 1.807) is 0 Å². The molecule has 0 aliphatic rings. The van der Waals surface area contributed by atoms with Crippen LogP contribution < -0.4 is 16.4 Å². The molecular formula is C22H17ClF5N3O2. The summed E-state index contributed by atoms with van der Waals surface area (Å²) in [6.07, 6.45) is -6.03. The molecule has 0 fully saturated rings. The smallest absolute Gasteiger partial charge is 0.398 e. The number of nitrogens with two attached hydrogens (primary N) is 1. The third-order valence-electron chi connectivity index (χ3n) is 4.55. The highest BCUT2D eigenvalue weighted by Crippen LogP contribution is 2.37. The van der Waals surface area contributed by atoms with E-state index in [1.165, 1.54) is 19.1 Å². The summed E-state index contributed by atoms with van der Waals surface area (Å²) in [6, 6.07) is 8.13. The molecule has 0 bridgehead atoms. The van der Waals surface area contributed by atoms with Gasteiger partial charge in [0, 0.05) is 28.2 Å². The van der Waals surface area contributed by atoms with E-state index in [-0.39, 0.29) is 38.8 Å². The Morgan fingerprint density at radius 1 is 1.06 bits per heavy atom. The fourth-order valence-electron chi connectivity index (χ4n) is 3.11. The van der Waals surface area contributed by atoms with Crippen LogP contribution in [-0.2, 0) is 6.18 Å². The van der Waals surface area contributed by atoms with E-state index in [1.807, 2.05) is 0 Å². The number of nitrogens with one attached hydrogen (secondary N) is 2. The lowest BCUT2D eigenvalue weighted by molar-refractivity contribution is -0.137. The Kier molecular flexibility index (Phi) is 6.80. The number of carbonyl (C=O) groups is 1. The van der Waals surface area contributed by atoms with Gasteiger partial charge in [0.15, 0.2) is 0 Å². The van der Waals surface area contributed by atoms with Crippen molar-refractivity contribution in [3.8, 4) is 11.1 Å². The molecule has 3 aromatic carbocycles. The summed E-state index contributed by atoms with van der Waals surface area (Å²) in [5.74, 6) is -2.47. The maximum atomic E-state index is 14.7. The molecule has 0 aliphatic heterocycles. The third-order valence-corrected chi connectivity index (χ3v) is 4.87. The molecule has 174 valence electrons. The van der Waals surface area contributed by atoms with E-state index < -0.39 is 35.5 Å². The molecule has 0 saturated carbocycles. The zero-order valence-electron chi connectivity index (χ0n) is 16.9. The molecule has 3 aromatic rings. The fourth-order valence-corrected chi connectivity index (χ4v) is 3.36. The van der Waals surface area contributed by atoms with Crippen LogP contribution in [0, 0.1) is 11.6 Å². The zero-order valence-corrected chi connectivity index (χ0v) is 17.7. The molecule has 11 heteroatoms. The maximum Gasteiger partial charge on any atom is 0.418 e. The first-order chi connectivity index (χ1) is 15.4. The Labute approximate surface area is 190 Å². The normalized spacial score (nSPS) is 12.4. The number of benzene rings is 3. The van der Waals surface area contributed by atoms with Crippen LogP contribution in [0.5, 0.6) is 0 Å². The fraction of sp³-hybridized carbons (Fsp3) is 0.136. The lowest BCUT2D eigenvalue weighted by Gasteiger charge is -2.18. The molecule has 3 rings (SSSR count). The lowest BCUT2D eigenvalue weighted by Crippen LogP contribution is -2.19. The zero-order chi connectivity index (χ0) is 24.5. The molecule has 0 radical (unpaired) electrons. The topological polar surface area (TPSA) is 87.4 Å². The van der Waals surface area contributed by atoms with Gasteiger partial charge in [-0.3, -0.25) is 4.79 Å². The number of aliphatic hydroxyl groups is 1. The molecule has 0 aliphatic carbocycles. The van der Waals surface area contributed by atoms with E-state index in [0.29, 0.717) is 6.07 Å². The van der Waals surface area contributed by atoms with E-state index >= 15 is 0 Å². The van der Waals surface area contributed by atoms with Crippen molar-refractivity contribution in [3.63, 3.8) is 0 Å². The summed E-state index contributed by atoms with van der Waals surface area (Å²) in [5.41, 5.74) is 3.67. The predicted molar refractivity (Wildman–Crippen MR) is 116 cm³/mol. The van der Waals surface area contributed by atoms with Crippen molar-refractivity contribution in [1.82, 2.24) is 0 Å². The summed E-state index contributed by atoms with van der Waals surface area (Å²) in [5, 5.41) is 13.6. The summed E-state index contributed by atoms with van der Waals surface area (Å²) in [4.78, 5) is 12.6. The standard InChI is InChI=1S/C22H17ClF5N3O2/c1-10(32)30-20-5-3-12(7-16(20)22(26,27)28)31-21(33)15-9-18(25)14(8-17(15)23)13-4-2-11(24)6-19(13)29/h2-10,30,32H,29H2,1H3,(H,31,33). The minimum atomic E-state index is -4.78. The highest BCUT2D eigenvalue weighted by atomic mass is 35.5. The van der Waals surface area contributed by atoms with Gasteiger partial charge in [-0.1, -0.05) is 11.6 Å². The number of nitrogen functional groups attached to an aromatic ring is 1. The number of rotatable bonds is 5. The van der Waals surface area contributed by atoms with Gasteiger partial charge < -0.3 is 21.5 Å². The molecule has 33 heavy (non-hydrogen) atoms. The highest BCUT2D eigenvalue weighted by molar-refractivity contribution is 6.34. The van der Waals surface area contributed by atoms with E-state index in [9.17, 15) is 31.9 Å². The van der Waals surface area contributed by atoms with Gasteiger partial charge in [0.25, 0.3) is 5.91 Å². The first-order valence-corrected chi connectivity index (χ1v) is 9.76. The van der Waals surface area contributed by atoms with Crippen LogP contribution in [0.25, 0.3) is 11.1 Å². The minimum Gasteiger partial charge on any atom is -0.398 e. The Morgan fingerprint density at radius 2 is 1.76 bits per heavy atom. The van der Waals surface area contributed by atoms with Gasteiger partial charge in [-0.15, -0.1) is 0 Å². The predicted octanol–water partition coefficient (Wildman–Crippen LogP) is 5.89. The van der Waals surface area contributed by atoms with Crippen LogP contribution in [0.15, 0.2) is 48.5 Å². The molecule has 5 N–H and O–H groups in total. The Hall–Kier alpha value is -3.37. The molecule has 0 spiro atoms. The molecule has 5 nitrogen and oxygen atoms in total. The van der Waals surface area contributed by atoms with Crippen molar-refractivity contribution >= 4 is 34.6 Å². The van der Waals surface area contributed by atoms with Crippen molar-refractivity contribution in [2.24, 2.45) is 0 Å². The largest absolute Gasteiger partial charge is 0.418 e. The lowest BCUT2D eigenvalue weighted by atomic mass is 10.0. The van der Waals surface area contributed by atoms with Crippen molar-refractivity contribution in [2.45, 2.75) is 19.3 Å². The van der Waals surface area contributed by atoms with Gasteiger partial charge in [-0.25, -0.2) is 8.78 Å². The van der Waals surface area contributed by atoms with Gasteiger partial charge in [0.05, 0.1) is 16.1 Å². The molecule has 1 amide bonds. The van der Waals surface area contributed by atoms with Crippen LogP contribution in [0.2, 0.25) is 5.02 Å². The Morgan fingerprint density at radius 3 is 2.36 bits per heavy atom. The second-order valence-electron chi connectivity index (χ2n) is 7.08. The first kappa shape index (κ1) is 24.3. The number of carbonyl (C=O) groups excluding carboxylic acids is 1. The van der Waals surface area contributed by atoms with Gasteiger partial charge in [0.2, 0.25) is 0 Å². The Balaban J connectivity index is 1.93. The molecule has 0 saturated heterocycles.